The van der Waals surface area contributed by atoms with Gasteiger partial charge in [-0.15, -0.1) is 0 Å². The minimum absolute atomic E-state index is 0.0782. The number of aryl methyl sites for hydroxylation is 1. The first kappa shape index (κ1) is 23.4. The minimum Gasteiger partial charge on any atom is -0.493 e. The van der Waals surface area contributed by atoms with E-state index in [1.54, 1.807) is 7.11 Å². The van der Waals surface area contributed by atoms with Crippen LogP contribution < -0.4 is 9.47 Å². The second kappa shape index (κ2) is 9.45. The fourth-order valence-electron chi connectivity index (χ4n) is 3.27. The Morgan fingerprint density at radius 3 is 2.32 bits per heavy atom. The van der Waals surface area contributed by atoms with E-state index in [2.05, 4.69) is 33.9 Å². The maximum atomic E-state index is 12.4. The Morgan fingerprint density at radius 1 is 1.00 bits per heavy atom. The zero-order valence-electron chi connectivity index (χ0n) is 19.5. The molecule has 1 atom stereocenters. The monoisotopic (exact) mass is 442 g/mol. The third kappa shape index (κ3) is 6.11. The van der Waals surface area contributed by atoms with Gasteiger partial charge in [-0.2, -0.15) is 0 Å². The summed E-state index contributed by atoms with van der Waals surface area (Å²) < 4.78 is 23.8. The van der Waals surface area contributed by atoms with Gasteiger partial charge >= 0.3 is 5.97 Å². The molecule has 0 aliphatic carbocycles. The van der Waals surface area contributed by atoms with Crippen LogP contribution in [0.1, 0.15) is 38.3 Å². The van der Waals surface area contributed by atoms with E-state index in [4.69, 9.17) is 18.6 Å². The molecule has 2 heterocycles. The first-order valence-corrected chi connectivity index (χ1v) is 13.8. The van der Waals surface area contributed by atoms with Crippen LogP contribution in [0.2, 0.25) is 18.1 Å². The number of carbonyl (C=O) groups is 1. The third-order valence-electron chi connectivity index (χ3n) is 6.16. The van der Waals surface area contributed by atoms with Crippen LogP contribution in [-0.4, -0.2) is 34.1 Å². The van der Waals surface area contributed by atoms with Crippen molar-refractivity contribution in [1.29, 1.82) is 0 Å². The summed E-state index contributed by atoms with van der Waals surface area (Å²) in [6.07, 6.45) is 1.38. The number of benzene rings is 2. The predicted molar refractivity (Wildman–Crippen MR) is 125 cm³/mol. The summed E-state index contributed by atoms with van der Waals surface area (Å²) in [5.41, 5.74) is 2.11. The number of esters is 1. The molecule has 0 N–H and O–H groups in total. The van der Waals surface area contributed by atoms with Gasteiger partial charge in [0.2, 0.25) is 0 Å². The van der Waals surface area contributed by atoms with Crippen molar-refractivity contribution in [3.05, 3.63) is 53.6 Å². The molecule has 2 aliphatic rings. The third-order valence-corrected chi connectivity index (χ3v) is 10.7. The Bertz CT molecular complexity index is 899. The molecule has 4 rings (SSSR count). The second-order valence-corrected chi connectivity index (χ2v) is 14.4. The van der Waals surface area contributed by atoms with E-state index < -0.39 is 8.32 Å². The quantitative estimate of drug-likeness (QED) is 0.437. The maximum absolute atomic E-state index is 12.4. The molecule has 2 aromatic carbocycles. The molecule has 2 aliphatic heterocycles. The summed E-state index contributed by atoms with van der Waals surface area (Å²) in [5, 5.41) is 0.0782. The van der Waals surface area contributed by atoms with Crippen molar-refractivity contribution in [2.24, 2.45) is 0 Å². The minimum atomic E-state index is -2.01. The standard InChI is InChI=1S/C25H34O5Si/c1-25(2,3)31(5,6)30-21-15-18-7-11-20(12-8-18)29-23-16-19(9-13-22(23)27-4)10-14-24(26)28-17-21/h7-9,11-13,16,21H,10,14-15,17H2,1-6H3. The largest absolute Gasteiger partial charge is 0.493 e. The summed E-state index contributed by atoms with van der Waals surface area (Å²) in [6, 6.07) is 13.7. The van der Waals surface area contributed by atoms with Gasteiger partial charge in [0.15, 0.2) is 19.8 Å². The molecule has 6 heteroatoms. The zero-order valence-corrected chi connectivity index (χ0v) is 20.5. The Balaban J connectivity index is 1.88. The summed E-state index contributed by atoms with van der Waals surface area (Å²) in [5.74, 6) is 1.81. The molecule has 4 bridgehead atoms. The van der Waals surface area contributed by atoms with E-state index in [0.717, 1.165) is 16.9 Å². The van der Waals surface area contributed by atoms with Crippen LogP contribution in [0.4, 0.5) is 0 Å². The van der Waals surface area contributed by atoms with Crippen molar-refractivity contribution >= 4 is 14.3 Å². The highest BCUT2D eigenvalue weighted by Gasteiger charge is 2.39. The van der Waals surface area contributed by atoms with Gasteiger partial charge in [-0.1, -0.05) is 39.0 Å². The zero-order chi connectivity index (χ0) is 22.6. The molecular formula is C25H34O5Si. The highest BCUT2D eigenvalue weighted by atomic mass is 28.4. The highest BCUT2D eigenvalue weighted by molar-refractivity contribution is 6.74. The molecule has 2 aromatic rings. The molecular weight excluding hydrogens is 408 g/mol. The maximum Gasteiger partial charge on any atom is 0.306 e. The average molecular weight is 443 g/mol. The number of fused-ring (bicyclic) bond motifs is 8. The number of rotatable bonds is 3. The van der Waals surface area contributed by atoms with Gasteiger partial charge in [-0.3, -0.25) is 4.79 Å². The molecule has 0 amide bonds. The van der Waals surface area contributed by atoms with Gasteiger partial charge in [0, 0.05) is 12.8 Å². The fraction of sp³-hybridized carbons (Fsp3) is 0.480. The molecule has 31 heavy (non-hydrogen) atoms. The lowest BCUT2D eigenvalue weighted by Crippen LogP contribution is -2.45. The van der Waals surface area contributed by atoms with Gasteiger partial charge in [-0.25, -0.2) is 0 Å². The SMILES string of the molecule is COc1ccc2cc1Oc1ccc(cc1)CC(O[Si](C)(C)C(C)(C)C)COC(=O)CC2. The fourth-order valence-corrected chi connectivity index (χ4v) is 4.61. The van der Waals surface area contributed by atoms with Crippen molar-refractivity contribution in [1.82, 2.24) is 0 Å². The van der Waals surface area contributed by atoms with Crippen LogP contribution in [-0.2, 0) is 26.8 Å². The predicted octanol–water partition coefficient (Wildman–Crippen LogP) is 5.91. The molecule has 5 nitrogen and oxygen atoms in total. The Morgan fingerprint density at radius 2 is 1.68 bits per heavy atom. The van der Waals surface area contributed by atoms with E-state index in [1.807, 2.05) is 42.5 Å². The van der Waals surface area contributed by atoms with E-state index in [1.165, 1.54) is 0 Å². The molecule has 1 unspecified atom stereocenters. The van der Waals surface area contributed by atoms with E-state index in [-0.39, 0.29) is 23.7 Å². The van der Waals surface area contributed by atoms with Crippen molar-refractivity contribution in [2.75, 3.05) is 13.7 Å². The van der Waals surface area contributed by atoms with Crippen LogP contribution in [0.15, 0.2) is 42.5 Å². The van der Waals surface area contributed by atoms with Gasteiger partial charge in [0.25, 0.3) is 0 Å². The molecule has 0 fully saturated rings. The number of hydrogen-bond donors (Lipinski definition) is 0. The second-order valence-electron chi connectivity index (χ2n) is 9.62. The Hall–Kier alpha value is -2.31. The smallest absolute Gasteiger partial charge is 0.306 e. The molecule has 0 spiro atoms. The number of ether oxygens (including phenoxy) is 3. The Kier molecular flexibility index (Phi) is 7.12. The van der Waals surface area contributed by atoms with Crippen molar-refractivity contribution in [2.45, 2.75) is 64.3 Å². The van der Waals surface area contributed by atoms with Gasteiger partial charge in [-0.05, 0) is 59.9 Å². The molecule has 0 radical (unpaired) electrons. The lowest BCUT2D eigenvalue weighted by Gasteiger charge is -2.39. The normalized spacial score (nSPS) is 17.9. The average Bonchev–Trinajstić information content (AvgIpc) is 2.71. The van der Waals surface area contributed by atoms with Gasteiger partial charge in [0.1, 0.15) is 12.4 Å². The first-order chi connectivity index (χ1) is 14.6. The van der Waals surface area contributed by atoms with E-state index in [9.17, 15) is 4.79 Å². The molecule has 168 valence electrons. The topological polar surface area (TPSA) is 54.0 Å². The van der Waals surface area contributed by atoms with E-state index >= 15 is 0 Å². The lowest BCUT2D eigenvalue weighted by atomic mass is 10.1. The van der Waals surface area contributed by atoms with Crippen molar-refractivity contribution < 1.29 is 23.4 Å². The van der Waals surface area contributed by atoms with Gasteiger partial charge in [0.05, 0.1) is 13.2 Å². The summed E-state index contributed by atoms with van der Waals surface area (Å²) in [4.78, 5) is 12.4. The Labute approximate surface area is 186 Å². The van der Waals surface area contributed by atoms with Crippen LogP contribution in [0.3, 0.4) is 0 Å². The van der Waals surface area contributed by atoms with Crippen molar-refractivity contribution in [3.8, 4) is 17.2 Å². The first-order valence-electron chi connectivity index (χ1n) is 10.8. The molecule has 0 saturated carbocycles. The van der Waals surface area contributed by atoms with Gasteiger partial charge < -0.3 is 18.6 Å². The summed E-state index contributed by atoms with van der Waals surface area (Å²) >= 11 is 0. The van der Waals surface area contributed by atoms with Crippen LogP contribution >= 0.6 is 0 Å². The summed E-state index contributed by atoms with van der Waals surface area (Å²) in [7, 11) is -0.392. The van der Waals surface area contributed by atoms with Crippen molar-refractivity contribution in [3.63, 3.8) is 0 Å². The van der Waals surface area contributed by atoms with Crippen LogP contribution in [0.25, 0.3) is 0 Å². The van der Waals surface area contributed by atoms with E-state index in [0.29, 0.717) is 30.8 Å². The summed E-state index contributed by atoms with van der Waals surface area (Å²) in [6.45, 7) is 11.4. The van der Waals surface area contributed by atoms with Crippen LogP contribution in [0.5, 0.6) is 17.2 Å². The highest BCUT2D eigenvalue weighted by Crippen LogP contribution is 2.38. The number of hydrogen-bond acceptors (Lipinski definition) is 5. The molecule has 0 aromatic heterocycles. The lowest BCUT2D eigenvalue weighted by molar-refractivity contribution is -0.146. The number of carbonyl (C=O) groups excluding carboxylic acids is 1. The number of methoxy groups -OCH3 is 1. The molecule has 0 saturated heterocycles. The van der Waals surface area contributed by atoms with Crippen LogP contribution in [0, 0.1) is 0 Å².